The first-order valence-electron chi connectivity index (χ1n) is 36.6. The van der Waals surface area contributed by atoms with Gasteiger partial charge in [-0.15, -0.1) is 94.1 Å². The van der Waals surface area contributed by atoms with Crippen LogP contribution in [0.15, 0.2) is 0 Å². The Kier molecular flexibility index (Phi) is 56.8. The molecule has 51 heteroatoms. The molecule has 0 saturated carbocycles. The second-order valence-corrected chi connectivity index (χ2v) is 36.1. The van der Waals surface area contributed by atoms with Gasteiger partial charge in [0.25, 0.3) is 0 Å². The largest absolute Gasteiger partial charge is 0.481 e. The third-order valence-corrected chi connectivity index (χ3v) is 26.5. The predicted molar refractivity (Wildman–Crippen MR) is 424 cm³/mol. The van der Waals surface area contributed by atoms with Gasteiger partial charge in [-0.2, -0.15) is 0 Å². The summed E-state index contributed by atoms with van der Waals surface area (Å²) in [5.74, 6) is -23.6. The van der Waals surface area contributed by atoms with Crippen molar-refractivity contribution in [1.29, 1.82) is 0 Å². The van der Waals surface area contributed by atoms with Crippen LogP contribution >= 0.6 is 94.1 Å². The second kappa shape index (κ2) is 62.1. The van der Waals surface area contributed by atoms with E-state index in [0.717, 1.165) is 94.1 Å². The van der Waals surface area contributed by atoms with Gasteiger partial charge in [0.05, 0.1) is 71.2 Å². The highest BCUT2D eigenvalue weighted by Gasteiger charge is 2.55. The number of carboxylic acids is 16. The molecule has 0 aliphatic carbocycles. The molecule has 2 saturated heterocycles. The lowest BCUT2D eigenvalue weighted by atomic mass is 9.96. The zero-order chi connectivity index (χ0) is 89.1. The van der Waals surface area contributed by atoms with E-state index >= 15 is 0 Å². The molecule has 0 amide bonds. The molecular formula is C68H102O43S8. The van der Waals surface area contributed by atoms with Crippen LogP contribution in [0.3, 0.4) is 0 Å². The van der Waals surface area contributed by atoms with Crippen molar-refractivity contribution in [2.24, 2.45) is 0 Å². The van der Waals surface area contributed by atoms with Gasteiger partial charge in [-0.1, -0.05) is 0 Å². The van der Waals surface area contributed by atoms with Crippen LogP contribution < -0.4 is 0 Å². The molecule has 0 spiro atoms. The van der Waals surface area contributed by atoms with E-state index in [-0.39, 0.29) is 137 Å². The average molecular weight is 1860 g/mol. The summed E-state index contributed by atoms with van der Waals surface area (Å²) in [6.45, 7) is -3.83. The Labute approximate surface area is 714 Å². The second-order valence-electron chi connectivity index (χ2n) is 25.6. The zero-order valence-corrected chi connectivity index (χ0v) is 70.4. The number of thioether (sulfide) groups is 8. The Morgan fingerprint density at radius 3 is 0.647 bits per heavy atom. The lowest BCUT2D eigenvalue weighted by Crippen LogP contribution is -2.66. The molecule has 2 rings (SSSR count). The highest BCUT2D eigenvalue weighted by atomic mass is 32.2. The zero-order valence-electron chi connectivity index (χ0n) is 63.9. The minimum atomic E-state index is -1.92. The molecular weight excluding hydrogens is 1760 g/mol. The smallest absolute Gasteiger partial charge is 0.317 e. The van der Waals surface area contributed by atoms with Crippen LogP contribution in [0.4, 0.5) is 0 Å². The average Bonchev–Trinajstić information content (AvgIpc) is 0.768. The predicted octanol–water partition coefficient (Wildman–Crippen LogP) is 3.21. The summed E-state index contributed by atoms with van der Waals surface area (Å²) in [4.78, 5) is 191. The van der Waals surface area contributed by atoms with Gasteiger partial charge in [-0.05, 0) is 97.4 Å². The van der Waals surface area contributed by atoms with Crippen LogP contribution in [0.5, 0.6) is 0 Å². The molecule has 9 unspecified atom stereocenters. The van der Waals surface area contributed by atoms with Gasteiger partial charge in [0, 0.05) is 46.2 Å². The van der Waals surface area contributed by atoms with E-state index in [0.29, 0.717) is 0 Å². The van der Waals surface area contributed by atoms with Crippen molar-refractivity contribution in [1.82, 2.24) is 0 Å². The van der Waals surface area contributed by atoms with Gasteiger partial charge in [-0.25, -0.2) is 0 Å². The summed E-state index contributed by atoms with van der Waals surface area (Å²) in [6, 6.07) is 0. The normalized spacial score (nSPS) is 21.2. The number of rotatable bonds is 76. The summed E-state index contributed by atoms with van der Waals surface area (Å²) < 4.78 is 73.1. The minimum Gasteiger partial charge on any atom is -0.481 e. The van der Waals surface area contributed by atoms with E-state index < -0.39 is 277 Å². The molecule has 0 aromatic heterocycles. The number of aliphatic carboxylic acids is 16. The summed E-state index contributed by atoms with van der Waals surface area (Å²) in [6.07, 6.45) is -22.9. The third-order valence-electron chi connectivity index (χ3n) is 16.1. The van der Waals surface area contributed by atoms with Crippen LogP contribution in [0, 0.1) is 0 Å². The fourth-order valence-corrected chi connectivity index (χ4v) is 18.5. The Morgan fingerprint density at radius 1 is 0.227 bits per heavy atom. The van der Waals surface area contributed by atoms with Gasteiger partial charge in [0.2, 0.25) is 0 Å². The molecule has 0 radical (unpaired) electrons. The van der Waals surface area contributed by atoms with Crippen molar-refractivity contribution >= 4 is 190 Å². The minimum absolute atomic E-state index is 0.00634. The maximum atomic E-state index is 12.3. The molecule has 0 bridgehead atoms. The summed E-state index contributed by atoms with van der Waals surface area (Å²) in [7, 11) is 0. The van der Waals surface area contributed by atoms with Gasteiger partial charge < -0.3 is 134 Å². The molecule has 2 fully saturated rings. The van der Waals surface area contributed by atoms with E-state index in [4.69, 9.17) is 52.1 Å². The fourth-order valence-electron chi connectivity index (χ4n) is 10.7. The number of hydrogen-bond donors (Lipinski definition) is 16. The summed E-state index contributed by atoms with van der Waals surface area (Å²) in [5, 5.41) is 143. The molecule has 2 aliphatic heterocycles. The van der Waals surface area contributed by atoms with Crippen LogP contribution in [0.25, 0.3) is 0 Å². The van der Waals surface area contributed by atoms with Crippen molar-refractivity contribution in [3.05, 3.63) is 0 Å². The number of ether oxygens (including phenoxy) is 11. The van der Waals surface area contributed by atoms with Gasteiger partial charge in [0.15, 0.2) is 12.6 Å². The lowest BCUT2D eigenvalue weighted by molar-refractivity contribution is -0.374. The summed E-state index contributed by atoms with van der Waals surface area (Å²) in [5.41, 5.74) is 0. The van der Waals surface area contributed by atoms with E-state index in [1.165, 1.54) is 0 Å². The first-order chi connectivity index (χ1) is 56.3. The topological polar surface area (TPSA) is 698 Å². The van der Waals surface area contributed by atoms with Gasteiger partial charge in [-0.3, -0.25) is 76.7 Å². The van der Waals surface area contributed by atoms with Crippen molar-refractivity contribution in [3.63, 3.8) is 0 Å². The van der Waals surface area contributed by atoms with Crippen LogP contribution in [0.1, 0.15) is 103 Å². The van der Waals surface area contributed by atoms with Crippen molar-refractivity contribution < 1.29 is 211 Å². The van der Waals surface area contributed by atoms with E-state index in [1.807, 2.05) is 0 Å². The van der Waals surface area contributed by atoms with E-state index in [2.05, 4.69) is 0 Å². The quantitative estimate of drug-likeness (QED) is 0.0389. The highest BCUT2D eigenvalue weighted by molar-refractivity contribution is 8.02. The van der Waals surface area contributed by atoms with Crippen LogP contribution in [-0.2, 0) is 129 Å². The van der Waals surface area contributed by atoms with E-state index in [1.54, 1.807) is 0 Å². The maximum Gasteiger partial charge on any atom is 0.317 e. The van der Waals surface area contributed by atoms with E-state index in [9.17, 15) is 158 Å². The Hall–Kier alpha value is -6.12. The Bertz CT molecular complexity index is 3200. The Morgan fingerprint density at radius 2 is 0.412 bits per heavy atom. The maximum absolute atomic E-state index is 12.3. The van der Waals surface area contributed by atoms with Gasteiger partial charge in [0.1, 0.15) is 90.8 Å². The molecule has 18 atom stereocenters. The summed E-state index contributed by atoms with van der Waals surface area (Å²) >= 11 is 5.99. The molecule has 119 heavy (non-hydrogen) atoms. The molecule has 16 N–H and O–H groups in total. The van der Waals surface area contributed by atoms with Crippen LogP contribution in [0.2, 0.25) is 0 Å². The van der Waals surface area contributed by atoms with Gasteiger partial charge >= 0.3 is 95.5 Å². The monoisotopic (exact) mass is 1860 g/mol. The molecule has 680 valence electrons. The lowest BCUT2D eigenvalue weighted by Gasteiger charge is -2.50. The molecule has 0 aromatic carbocycles. The SMILES string of the molecule is O=C(O)CC(SCCCOC[C@H]1O[C@@H](O[C@H]2[C@H](OCCCSC(CC(=O)O)C(=O)O)[C@@H](OCCCSC(CC(=O)O)C(=O)O)C(OCCCSC(CC(=O)O)C(=O)O)O[C@@H]2COCCCSC(CC(=O)O)C(=O)O)[C@H](OCCCSC(CC(=O)O)C(=O)O)[C@@H](OCCCSC(CC(=O)O)C(=O)O)[C@H]1OCCCSC(CC(=O)O)C(=O)O)C(=O)O. The first-order valence-corrected chi connectivity index (χ1v) is 45.0. The third kappa shape index (κ3) is 47.9. The standard InChI is InChI=1S/C68H102O43S8/c69-45(70)25-37(59(85)86)112-17-1-9-101-33-35-53(103-11-3-19-114-39(61(89)90)27-47(73)74)55(104-12-4-20-115-40(62(91)92)28-48(75)76)58(107-15-7-23-118-43(65(97)98)31-51(81)82)68(110-35)111-54-36(34-102-10-2-18-113-38(60(87)88)26-46(71)72)109-67(108-16-8-24-119-44(66(99)100)32-52(83)84)57(106-14-6-22-117-42(64(95)96)30-50(79)80)56(54)105-13-5-21-116-41(63(93)94)29-49(77)78/h35-44,53-58,67-68H,1-34H2,(H,69,70)(H,71,72)(H,73,74)(H,75,76)(H,77,78)(H,79,80)(H,81,82)(H,83,84)(H,85,86)(H,87,88)(H,89,90)(H,91,92)(H,93,94)(H,95,96)(H,97,98)(H,99,100)/t35-,36-,37?,38?,39?,40?,41?,42?,43?,44?,53+,54-,55+,56+,57-,58-,67?,68+/m1/s1. The molecule has 2 heterocycles. The number of hydrogen-bond acceptors (Lipinski definition) is 35. The highest BCUT2D eigenvalue weighted by Crippen LogP contribution is 2.37. The van der Waals surface area contributed by atoms with Crippen LogP contribution in [-0.4, -0.2) is 393 Å². The first kappa shape index (κ1) is 109. The fraction of sp³-hybridized carbons (Fsp3) is 0.765. The molecule has 2 aliphatic rings. The number of carbonyl (C=O) groups is 16. The van der Waals surface area contributed by atoms with Crippen molar-refractivity contribution in [3.8, 4) is 0 Å². The van der Waals surface area contributed by atoms with Crippen molar-refractivity contribution in [2.45, 2.75) is 206 Å². The number of carboxylic acid groups (broad SMARTS) is 16. The van der Waals surface area contributed by atoms with Crippen molar-refractivity contribution in [2.75, 3.05) is 112 Å². The molecule has 0 aromatic rings. The molecule has 43 nitrogen and oxygen atoms in total. The Balaban J connectivity index is 3.28.